The van der Waals surface area contributed by atoms with Crippen LogP contribution < -0.4 is 10.1 Å². The zero-order chi connectivity index (χ0) is 19.9. The number of carbonyl (C=O) groups is 1. The summed E-state index contributed by atoms with van der Waals surface area (Å²) in [5.74, 6) is -0.755. The summed E-state index contributed by atoms with van der Waals surface area (Å²) in [6, 6.07) is 6.41. The SMILES string of the molecule is CCOc1ccc(-c2noc(CNC(=O)/C=C\c3cc(F)ccc3F)n2)cn1. The van der Waals surface area contributed by atoms with E-state index < -0.39 is 17.5 Å². The summed E-state index contributed by atoms with van der Waals surface area (Å²) in [5, 5.41) is 6.35. The predicted octanol–water partition coefficient (Wildman–Crippen LogP) is 3.14. The molecule has 0 atom stereocenters. The summed E-state index contributed by atoms with van der Waals surface area (Å²) in [7, 11) is 0. The number of hydrogen-bond donors (Lipinski definition) is 1. The van der Waals surface area contributed by atoms with Crippen molar-refractivity contribution in [2.75, 3.05) is 6.61 Å². The van der Waals surface area contributed by atoms with Gasteiger partial charge in [-0.15, -0.1) is 0 Å². The molecule has 1 N–H and O–H groups in total. The number of aromatic nitrogens is 3. The number of hydrogen-bond acceptors (Lipinski definition) is 6. The number of benzene rings is 1. The van der Waals surface area contributed by atoms with Crippen molar-refractivity contribution in [3.05, 3.63) is 65.7 Å². The van der Waals surface area contributed by atoms with Crippen LogP contribution in [0.2, 0.25) is 0 Å². The van der Waals surface area contributed by atoms with Gasteiger partial charge in [-0.1, -0.05) is 5.16 Å². The van der Waals surface area contributed by atoms with Crippen LogP contribution in [-0.4, -0.2) is 27.6 Å². The second kappa shape index (κ2) is 8.85. The smallest absolute Gasteiger partial charge is 0.246 e. The molecular weight excluding hydrogens is 370 g/mol. The van der Waals surface area contributed by atoms with E-state index in [9.17, 15) is 13.6 Å². The van der Waals surface area contributed by atoms with E-state index in [2.05, 4.69) is 20.4 Å². The molecule has 0 saturated heterocycles. The lowest BCUT2D eigenvalue weighted by molar-refractivity contribution is -0.116. The molecule has 144 valence electrons. The van der Waals surface area contributed by atoms with Gasteiger partial charge in [-0.2, -0.15) is 4.98 Å². The molecule has 0 unspecified atom stereocenters. The Hall–Kier alpha value is -3.62. The summed E-state index contributed by atoms with van der Waals surface area (Å²) in [5.41, 5.74) is 0.601. The first kappa shape index (κ1) is 19.2. The molecule has 1 amide bonds. The van der Waals surface area contributed by atoms with Gasteiger partial charge >= 0.3 is 0 Å². The lowest BCUT2D eigenvalue weighted by atomic mass is 10.2. The van der Waals surface area contributed by atoms with Crippen LogP contribution in [0.1, 0.15) is 18.4 Å². The van der Waals surface area contributed by atoms with E-state index in [4.69, 9.17) is 9.26 Å². The molecule has 2 aromatic heterocycles. The number of ether oxygens (including phenoxy) is 1. The Morgan fingerprint density at radius 1 is 1.29 bits per heavy atom. The molecule has 28 heavy (non-hydrogen) atoms. The summed E-state index contributed by atoms with van der Waals surface area (Å²) < 4.78 is 36.9. The highest BCUT2D eigenvalue weighted by Gasteiger charge is 2.10. The average Bonchev–Trinajstić information content (AvgIpc) is 3.17. The molecule has 0 fully saturated rings. The van der Waals surface area contributed by atoms with E-state index in [1.54, 1.807) is 18.3 Å². The number of pyridine rings is 1. The number of carbonyl (C=O) groups excluding carboxylic acids is 1. The number of rotatable bonds is 7. The molecule has 0 aliphatic rings. The molecule has 9 heteroatoms. The van der Waals surface area contributed by atoms with Crippen molar-refractivity contribution >= 4 is 12.0 Å². The Labute approximate surface area is 159 Å². The number of amides is 1. The molecule has 3 aromatic rings. The summed E-state index contributed by atoms with van der Waals surface area (Å²) in [6.07, 6.45) is 3.82. The van der Waals surface area contributed by atoms with Crippen LogP contribution in [-0.2, 0) is 11.3 Å². The summed E-state index contributed by atoms with van der Waals surface area (Å²) in [6.45, 7) is 2.35. The van der Waals surface area contributed by atoms with Gasteiger partial charge in [-0.3, -0.25) is 4.79 Å². The van der Waals surface area contributed by atoms with E-state index in [-0.39, 0.29) is 18.0 Å². The van der Waals surface area contributed by atoms with Crippen molar-refractivity contribution in [2.45, 2.75) is 13.5 Å². The van der Waals surface area contributed by atoms with Gasteiger partial charge in [0.15, 0.2) is 0 Å². The third-order valence-corrected chi connectivity index (χ3v) is 3.54. The van der Waals surface area contributed by atoms with Gasteiger partial charge in [0.05, 0.1) is 13.2 Å². The maximum atomic E-state index is 13.5. The van der Waals surface area contributed by atoms with Gasteiger partial charge in [0, 0.05) is 29.5 Å². The Kier molecular flexibility index (Phi) is 6.05. The van der Waals surface area contributed by atoms with E-state index in [1.165, 1.54) is 6.08 Å². The number of nitrogens with one attached hydrogen (secondary N) is 1. The minimum Gasteiger partial charge on any atom is -0.478 e. The Morgan fingerprint density at radius 2 is 2.14 bits per heavy atom. The van der Waals surface area contributed by atoms with Gasteiger partial charge in [0.25, 0.3) is 0 Å². The largest absolute Gasteiger partial charge is 0.478 e. The maximum absolute atomic E-state index is 13.5. The summed E-state index contributed by atoms with van der Waals surface area (Å²) in [4.78, 5) is 20.1. The van der Waals surface area contributed by atoms with Crippen LogP contribution in [0.15, 0.2) is 47.1 Å². The van der Waals surface area contributed by atoms with Gasteiger partial charge in [0.2, 0.25) is 23.5 Å². The zero-order valence-electron chi connectivity index (χ0n) is 14.9. The first-order valence-electron chi connectivity index (χ1n) is 8.38. The molecule has 3 rings (SSSR count). The Bertz CT molecular complexity index is 987. The van der Waals surface area contributed by atoms with E-state index in [0.717, 1.165) is 24.3 Å². The van der Waals surface area contributed by atoms with Gasteiger partial charge < -0.3 is 14.6 Å². The number of halogens is 2. The lowest BCUT2D eigenvalue weighted by Crippen LogP contribution is -2.20. The van der Waals surface area contributed by atoms with Gasteiger partial charge in [0.1, 0.15) is 11.6 Å². The fourth-order valence-corrected chi connectivity index (χ4v) is 2.22. The van der Waals surface area contributed by atoms with Crippen molar-refractivity contribution in [1.29, 1.82) is 0 Å². The van der Waals surface area contributed by atoms with Gasteiger partial charge in [-0.05, 0) is 37.3 Å². The molecule has 0 spiro atoms. The topological polar surface area (TPSA) is 90.1 Å². The Balaban J connectivity index is 1.57. The molecule has 2 heterocycles. The van der Waals surface area contributed by atoms with E-state index in [1.807, 2.05) is 6.92 Å². The highest BCUT2D eigenvalue weighted by molar-refractivity contribution is 5.91. The molecule has 0 radical (unpaired) electrons. The van der Waals surface area contributed by atoms with Crippen LogP contribution >= 0.6 is 0 Å². The van der Waals surface area contributed by atoms with Crippen LogP contribution in [0.5, 0.6) is 5.88 Å². The van der Waals surface area contributed by atoms with Crippen LogP contribution in [0.3, 0.4) is 0 Å². The third kappa shape index (κ3) is 4.97. The first-order valence-corrected chi connectivity index (χ1v) is 8.38. The lowest BCUT2D eigenvalue weighted by Gasteiger charge is -2.00. The Morgan fingerprint density at radius 3 is 2.89 bits per heavy atom. The van der Waals surface area contributed by atoms with Crippen molar-refractivity contribution in [3.8, 4) is 17.3 Å². The number of nitrogens with zero attached hydrogens (tertiary/aromatic N) is 3. The van der Waals surface area contributed by atoms with Crippen molar-refractivity contribution in [2.24, 2.45) is 0 Å². The molecule has 0 aliphatic carbocycles. The molecule has 0 aliphatic heterocycles. The standard InChI is InChI=1S/C19H16F2N4O3/c1-2-27-17-8-4-13(10-23-17)19-24-18(28-25-19)11-22-16(26)7-3-12-9-14(20)5-6-15(12)21/h3-10H,2,11H2,1H3,(H,22,26)/b7-3-. The minimum atomic E-state index is -0.629. The average molecular weight is 386 g/mol. The highest BCUT2D eigenvalue weighted by Crippen LogP contribution is 2.17. The van der Waals surface area contributed by atoms with Crippen LogP contribution in [0.4, 0.5) is 8.78 Å². The van der Waals surface area contributed by atoms with Crippen molar-refractivity contribution < 1.29 is 22.8 Å². The predicted molar refractivity (Wildman–Crippen MR) is 95.9 cm³/mol. The van der Waals surface area contributed by atoms with Crippen LogP contribution in [0, 0.1) is 11.6 Å². The van der Waals surface area contributed by atoms with Crippen molar-refractivity contribution in [1.82, 2.24) is 20.4 Å². The van der Waals surface area contributed by atoms with E-state index in [0.29, 0.717) is 23.9 Å². The quantitative estimate of drug-likeness (QED) is 0.628. The fourth-order valence-electron chi connectivity index (χ4n) is 2.22. The van der Waals surface area contributed by atoms with Gasteiger partial charge in [-0.25, -0.2) is 13.8 Å². The monoisotopic (exact) mass is 386 g/mol. The maximum Gasteiger partial charge on any atom is 0.246 e. The molecule has 0 bridgehead atoms. The first-order chi connectivity index (χ1) is 13.5. The second-order valence-electron chi connectivity index (χ2n) is 5.55. The molecular formula is C19H16F2N4O3. The zero-order valence-corrected chi connectivity index (χ0v) is 14.9. The molecule has 7 nitrogen and oxygen atoms in total. The highest BCUT2D eigenvalue weighted by atomic mass is 19.1. The summed E-state index contributed by atoms with van der Waals surface area (Å²) >= 11 is 0. The minimum absolute atomic E-state index is 0.0216. The molecule has 1 aromatic carbocycles. The van der Waals surface area contributed by atoms with Crippen LogP contribution in [0.25, 0.3) is 17.5 Å². The van der Waals surface area contributed by atoms with E-state index >= 15 is 0 Å². The second-order valence-corrected chi connectivity index (χ2v) is 5.55. The normalized spacial score (nSPS) is 11.0. The third-order valence-electron chi connectivity index (χ3n) is 3.54. The molecule has 0 saturated carbocycles. The van der Waals surface area contributed by atoms with Crippen molar-refractivity contribution in [3.63, 3.8) is 0 Å². The fraction of sp³-hybridized carbons (Fsp3) is 0.158.